The second-order valence-electron chi connectivity index (χ2n) is 1.67. The van der Waals surface area contributed by atoms with Gasteiger partial charge in [-0.2, -0.15) is 0 Å². The molecule has 3 nitrogen and oxygen atoms in total. The highest BCUT2D eigenvalue weighted by Crippen LogP contribution is 2.04. The maximum Gasteiger partial charge on any atom is 0.0315 e. The Labute approximate surface area is 65.7 Å². The highest BCUT2D eigenvalue weighted by Gasteiger charge is 1.80. The summed E-state index contributed by atoms with van der Waals surface area (Å²) in [6.07, 6.45) is 0. The van der Waals surface area contributed by atoms with Crippen LogP contribution in [0.2, 0.25) is 0 Å². The number of anilines is 2. The second kappa shape index (κ2) is 4.90. The van der Waals surface area contributed by atoms with Crippen LogP contribution in [0.1, 0.15) is 0 Å². The Kier molecular flexibility index (Phi) is 5.79. The Bertz CT molecular complexity index is 155. The van der Waals surface area contributed by atoms with E-state index in [0.717, 1.165) is 11.4 Å². The van der Waals surface area contributed by atoms with Crippen LogP contribution in [0.4, 0.5) is 11.4 Å². The Morgan fingerprint density at radius 2 is 1.00 bits per heavy atom. The average molecular weight is 163 g/mol. The van der Waals surface area contributed by atoms with Crippen molar-refractivity contribution in [2.75, 3.05) is 11.5 Å². The first-order chi connectivity index (χ1) is 3.79. The van der Waals surface area contributed by atoms with Gasteiger partial charge < -0.3 is 16.9 Å². The summed E-state index contributed by atoms with van der Waals surface area (Å²) < 4.78 is 0. The molecular formula is C6H11ClN2O. The molecule has 4 heteroatoms. The molecule has 0 saturated heterocycles. The van der Waals surface area contributed by atoms with E-state index in [9.17, 15) is 0 Å². The minimum absolute atomic E-state index is 0. The molecular weight excluding hydrogens is 152 g/mol. The normalized spacial score (nSPS) is 7.20. The van der Waals surface area contributed by atoms with Crippen molar-refractivity contribution >= 4 is 23.8 Å². The van der Waals surface area contributed by atoms with E-state index in [1.54, 1.807) is 24.3 Å². The molecule has 0 aliphatic carbocycles. The predicted molar refractivity (Wildman–Crippen MR) is 46.1 cm³/mol. The first-order valence-electron chi connectivity index (χ1n) is 2.40. The van der Waals surface area contributed by atoms with Crippen LogP contribution in [-0.2, 0) is 0 Å². The van der Waals surface area contributed by atoms with Crippen LogP contribution in [0.15, 0.2) is 24.3 Å². The molecule has 58 valence electrons. The van der Waals surface area contributed by atoms with Gasteiger partial charge in [0, 0.05) is 11.4 Å². The molecule has 1 aromatic rings. The van der Waals surface area contributed by atoms with Gasteiger partial charge in [0.1, 0.15) is 0 Å². The summed E-state index contributed by atoms with van der Waals surface area (Å²) in [5.74, 6) is 0. The summed E-state index contributed by atoms with van der Waals surface area (Å²) >= 11 is 0. The van der Waals surface area contributed by atoms with Crippen LogP contribution in [0.3, 0.4) is 0 Å². The lowest BCUT2D eigenvalue weighted by Gasteiger charge is -1.90. The summed E-state index contributed by atoms with van der Waals surface area (Å²) in [6.45, 7) is 0. The van der Waals surface area contributed by atoms with Gasteiger partial charge in [0.05, 0.1) is 0 Å². The van der Waals surface area contributed by atoms with Crippen molar-refractivity contribution in [2.24, 2.45) is 0 Å². The number of halogens is 1. The van der Waals surface area contributed by atoms with E-state index in [4.69, 9.17) is 11.5 Å². The number of benzene rings is 1. The van der Waals surface area contributed by atoms with Gasteiger partial charge in [-0.25, -0.2) is 0 Å². The molecule has 0 unspecified atom stereocenters. The lowest BCUT2D eigenvalue weighted by molar-refractivity contribution is 0.824. The van der Waals surface area contributed by atoms with Gasteiger partial charge in [-0.05, 0) is 24.3 Å². The third kappa shape index (κ3) is 3.17. The molecule has 0 amide bonds. The average Bonchev–Trinajstić information content (AvgIpc) is 1.77. The molecule has 0 fully saturated rings. The number of hydrogen-bond acceptors (Lipinski definition) is 2. The van der Waals surface area contributed by atoms with E-state index in [2.05, 4.69) is 0 Å². The maximum atomic E-state index is 5.37. The Morgan fingerprint density at radius 3 is 1.20 bits per heavy atom. The zero-order valence-electron chi connectivity index (χ0n) is 5.37. The number of rotatable bonds is 0. The van der Waals surface area contributed by atoms with E-state index in [0.29, 0.717) is 0 Å². The number of nitrogens with two attached hydrogens (primary N) is 2. The predicted octanol–water partition coefficient (Wildman–Crippen LogP) is 0.448. The SMILES string of the molecule is Cl.Nc1ccc(N)cc1.O. The summed E-state index contributed by atoms with van der Waals surface area (Å²) in [7, 11) is 0. The summed E-state index contributed by atoms with van der Waals surface area (Å²) in [5, 5.41) is 0. The Hall–Kier alpha value is -0.930. The first kappa shape index (κ1) is 11.8. The fraction of sp³-hybridized carbons (Fsp3) is 0. The summed E-state index contributed by atoms with van der Waals surface area (Å²) in [4.78, 5) is 0. The lowest BCUT2D eigenvalue weighted by Crippen LogP contribution is -1.86. The van der Waals surface area contributed by atoms with Gasteiger partial charge in [-0.3, -0.25) is 0 Å². The van der Waals surface area contributed by atoms with Crippen LogP contribution in [0.25, 0.3) is 0 Å². The number of nitrogen functional groups attached to an aromatic ring is 2. The monoisotopic (exact) mass is 162 g/mol. The van der Waals surface area contributed by atoms with Crippen molar-refractivity contribution in [3.05, 3.63) is 24.3 Å². The van der Waals surface area contributed by atoms with E-state index in [-0.39, 0.29) is 17.9 Å². The molecule has 0 aliphatic rings. The standard InChI is InChI=1S/C6H8N2.ClH.H2O/c7-5-1-2-6(8)4-3-5;;/h1-4H,7-8H2;1H;1H2. The Balaban J connectivity index is 0. The molecule has 0 bridgehead atoms. The van der Waals surface area contributed by atoms with Crippen molar-refractivity contribution < 1.29 is 5.48 Å². The molecule has 0 heterocycles. The molecule has 6 N–H and O–H groups in total. The van der Waals surface area contributed by atoms with Gasteiger partial charge in [-0.1, -0.05) is 0 Å². The van der Waals surface area contributed by atoms with E-state index >= 15 is 0 Å². The zero-order valence-corrected chi connectivity index (χ0v) is 6.19. The summed E-state index contributed by atoms with van der Waals surface area (Å²) in [6, 6.07) is 7.09. The van der Waals surface area contributed by atoms with E-state index in [1.807, 2.05) is 0 Å². The van der Waals surface area contributed by atoms with Crippen LogP contribution < -0.4 is 11.5 Å². The Morgan fingerprint density at radius 1 is 0.800 bits per heavy atom. The number of hydrogen-bond donors (Lipinski definition) is 2. The van der Waals surface area contributed by atoms with Gasteiger partial charge in [0.25, 0.3) is 0 Å². The molecule has 0 saturated carbocycles. The van der Waals surface area contributed by atoms with Crippen LogP contribution in [0.5, 0.6) is 0 Å². The minimum Gasteiger partial charge on any atom is -0.412 e. The third-order valence-corrected chi connectivity index (χ3v) is 0.936. The van der Waals surface area contributed by atoms with Crippen molar-refractivity contribution in [1.29, 1.82) is 0 Å². The topological polar surface area (TPSA) is 83.5 Å². The fourth-order valence-corrected chi connectivity index (χ4v) is 0.496. The molecule has 0 aromatic heterocycles. The summed E-state index contributed by atoms with van der Waals surface area (Å²) in [5.41, 5.74) is 12.2. The highest BCUT2D eigenvalue weighted by molar-refractivity contribution is 5.85. The van der Waals surface area contributed by atoms with Crippen LogP contribution in [0, 0.1) is 0 Å². The smallest absolute Gasteiger partial charge is 0.0315 e. The van der Waals surface area contributed by atoms with Crippen molar-refractivity contribution in [3.63, 3.8) is 0 Å². The fourth-order valence-electron chi connectivity index (χ4n) is 0.496. The van der Waals surface area contributed by atoms with Crippen LogP contribution >= 0.6 is 12.4 Å². The second-order valence-corrected chi connectivity index (χ2v) is 1.67. The zero-order chi connectivity index (χ0) is 5.98. The lowest BCUT2D eigenvalue weighted by atomic mass is 10.3. The largest absolute Gasteiger partial charge is 0.412 e. The molecule has 1 rings (SSSR count). The van der Waals surface area contributed by atoms with E-state index in [1.165, 1.54) is 0 Å². The maximum absolute atomic E-state index is 5.37. The molecule has 0 aliphatic heterocycles. The third-order valence-electron chi connectivity index (χ3n) is 0.936. The van der Waals surface area contributed by atoms with Gasteiger partial charge >= 0.3 is 0 Å². The van der Waals surface area contributed by atoms with Gasteiger partial charge in [0.15, 0.2) is 0 Å². The van der Waals surface area contributed by atoms with Gasteiger partial charge in [-0.15, -0.1) is 12.4 Å². The van der Waals surface area contributed by atoms with Crippen molar-refractivity contribution in [1.82, 2.24) is 0 Å². The van der Waals surface area contributed by atoms with Crippen molar-refractivity contribution in [3.8, 4) is 0 Å². The molecule has 10 heavy (non-hydrogen) atoms. The van der Waals surface area contributed by atoms with Gasteiger partial charge in [0.2, 0.25) is 0 Å². The minimum atomic E-state index is 0. The molecule has 0 spiro atoms. The molecule has 0 atom stereocenters. The molecule has 0 radical (unpaired) electrons. The highest BCUT2D eigenvalue weighted by atomic mass is 35.5. The molecule has 1 aromatic carbocycles. The van der Waals surface area contributed by atoms with Crippen LogP contribution in [-0.4, -0.2) is 5.48 Å². The van der Waals surface area contributed by atoms with Crippen molar-refractivity contribution in [2.45, 2.75) is 0 Å². The first-order valence-corrected chi connectivity index (χ1v) is 2.40. The van der Waals surface area contributed by atoms with E-state index < -0.39 is 0 Å². The quantitative estimate of drug-likeness (QED) is 0.543.